The summed E-state index contributed by atoms with van der Waals surface area (Å²) in [6, 6.07) is 0.181. The van der Waals surface area contributed by atoms with E-state index in [0.29, 0.717) is 25.4 Å². The van der Waals surface area contributed by atoms with Crippen LogP contribution in [0.2, 0.25) is 0 Å². The molecule has 0 spiro atoms. The lowest BCUT2D eigenvalue weighted by Crippen LogP contribution is -2.62. The molecule has 0 unspecified atom stereocenters. The van der Waals surface area contributed by atoms with Crippen LogP contribution in [0.1, 0.15) is 64.7 Å². The zero-order valence-corrected chi connectivity index (χ0v) is 15.8. The molecule has 1 saturated heterocycles. The van der Waals surface area contributed by atoms with E-state index in [0.717, 1.165) is 29.8 Å². The number of carbonyl (C=O) groups is 2. The third kappa shape index (κ3) is 4.90. The monoisotopic (exact) mass is 352 g/mol. The number of likely N-dealkylation sites (tertiary alicyclic amines) is 1. The summed E-state index contributed by atoms with van der Waals surface area (Å²) >= 11 is 1.96. The van der Waals surface area contributed by atoms with E-state index < -0.39 is 0 Å². The Bertz CT molecular complexity index is 437. The van der Waals surface area contributed by atoms with Gasteiger partial charge >= 0.3 is 0 Å². The Morgan fingerprint density at radius 1 is 1.04 bits per heavy atom. The van der Waals surface area contributed by atoms with Crippen LogP contribution in [0.15, 0.2) is 0 Å². The number of hydrogen-bond donors (Lipinski definition) is 1. The highest BCUT2D eigenvalue weighted by Crippen LogP contribution is 2.31. The summed E-state index contributed by atoms with van der Waals surface area (Å²) in [4.78, 5) is 26.4. The summed E-state index contributed by atoms with van der Waals surface area (Å²) in [5, 5.41) is 3.88. The molecule has 0 atom stereocenters. The van der Waals surface area contributed by atoms with Crippen molar-refractivity contribution in [3.63, 3.8) is 0 Å². The molecule has 24 heavy (non-hydrogen) atoms. The molecule has 2 saturated carbocycles. The van der Waals surface area contributed by atoms with Crippen LogP contribution in [0.25, 0.3) is 0 Å². The fourth-order valence-corrected chi connectivity index (χ4v) is 5.49. The quantitative estimate of drug-likeness (QED) is 0.798. The van der Waals surface area contributed by atoms with Crippen LogP contribution in [0.4, 0.5) is 0 Å². The number of thioether (sulfide) groups is 1. The minimum Gasteiger partial charge on any atom is -0.350 e. The number of nitrogens with zero attached hydrogens (tertiary/aromatic N) is 1. The number of hydrogen-bond acceptors (Lipinski definition) is 3. The highest BCUT2D eigenvalue weighted by atomic mass is 32.2. The first-order valence-electron chi connectivity index (χ1n) is 9.81. The molecule has 3 rings (SSSR count). The molecule has 3 fully saturated rings. The molecule has 1 heterocycles. The zero-order chi connectivity index (χ0) is 16.9. The summed E-state index contributed by atoms with van der Waals surface area (Å²) < 4.78 is 0. The minimum atomic E-state index is 0.157. The van der Waals surface area contributed by atoms with Crippen molar-refractivity contribution in [3.05, 3.63) is 0 Å². The van der Waals surface area contributed by atoms with Gasteiger partial charge in [-0.25, -0.2) is 0 Å². The van der Waals surface area contributed by atoms with Crippen molar-refractivity contribution in [2.45, 2.75) is 76.0 Å². The van der Waals surface area contributed by atoms with E-state index in [-0.39, 0.29) is 17.9 Å². The summed E-state index contributed by atoms with van der Waals surface area (Å²) in [7, 11) is 0. The van der Waals surface area contributed by atoms with Gasteiger partial charge in [0, 0.05) is 36.4 Å². The molecule has 4 nitrogen and oxygen atoms in total. The normalized spacial score (nSPS) is 28.6. The number of rotatable bonds is 6. The Morgan fingerprint density at radius 3 is 2.38 bits per heavy atom. The van der Waals surface area contributed by atoms with Gasteiger partial charge in [-0.1, -0.05) is 19.8 Å². The van der Waals surface area contributed by atoms with E-state index in [1.54, 1.807) is 0 Å². The van der Waals surface area contributed by atoms with Gasteiger partial charge in [0.05, 0.1) is 6.04 Å². The van der Waals surface area contributed by atoms with E-state index >= 15 is 0 Å². The lowest BCUT2D eigenvalue weighted by atomic mass is 9.82. The Hall–Kier alpha value is -0.710. The lowest BCUT2D eigenvalue weighted by molar-refractivity contribution is -0.143. The van der Waals surface area contributed by atoms with Crippen molar-refractivity contribution in [1.82, 2.24) is 10.2 Å². The molecule has 1 aliphatic heterocycles. The molecule has 0 aromatic heterocycles. The molecule has 136 valence electrons. The molecule has 0 radical (unpaired) electrons. The standard InChI is InChI=1S/C19H32N2O2S/c1-14-6-8-15(9-7-14)19(23)21-12-16(13-21)20-18(22)10-11-24-17-4-2-3-5-17/h14-17H,2-13H2,1H3,(H,20,22). The van der Waals surface area contributed by atoms with Gasteiger partial charge in [-0.3, -0.25) is 9.59 Å². The third-order valence-corrected chi connectivity index (χ3v) is 7.29. The van der Waals surface area contributed by atoms with Gasteiger partial charge in [0.25, 0.3) is 0 Å². The van der Waals surface area contributed by atoms with Gasteiger partial charge in [0.1, 0.15) is 0 Å². The largest absolute Gasteiger partial charge is 0.350 e. The van der Waals surface area contributed by atoms with E-state index in [1.807, 2.05) is 16.7 Å². The third-order valence-electron chi connectivity index (χ3n) is 5.91. The summed E-state index contributed by atoms with van der Waals surface area (Å²) in [6.45, 7) is 3.71. The first kappa shape index (κ1) is 18.1. The van der Waals surface area contributed by atoms with Crippen LogP contribution < -0.4 is 5.32 Å². The molecule has 2 aliphatic carbocycles. The van der Waals surface area contributed by atoms with Crippen LogP contribution in [-0.4, -0.2) is 46.8 Å². The molecule has 3 aliphatic rings. The summed E-state index contributed by atoms with van der Waals surface area (Å²) in [5.74, 6) is 2.43. The Kier molecular flexibility index (Phi) is 6.48. The first-order chi connectivity index (χ1) is 11.6. The van der Waals surface area contributed by atoms with Crippen LogP contribution in [0.5, 0.6) is 0 Å². The van der Waals surface area contributed by atoms with Crippen LogP contribution in [-0.2, 0) is 9.59 Å². The summed E-state index contributed by atoms with van der Waals surface area (Å²) in [6.07, 6.45) is 10.4. The minimum absolute atomic E-state index is 0.157. The molecular weight excluding hydrogens is 320 g/mol. The number of carbonyl (C=O) groups excluding carboxylic acids is 2. The maximum atomic E-state index is 12.4. The zero-order valence-electron chi connectivity index (χ0n) is 15.0. The molecule has 2 amide bonds. The van der Waals surface area contributed by atoms with Gasteiger partial charge in [-0.15, -0.1) is 0 Å². The smallest absolute Gasteiger partial charge is 0.225 e. The SMILES string of the molecule is CC1CCC(C(=O)N2CC(NC(=O)CCSC3CCCC3)C2)CC1. The van der Waals surface area contributed by atoms with E-state index in [1.165, 1.54) is 38.5 Å². The maximum Gasteiger partial charge on any atom is 0.225 e. The fourth-order valence-electron chi connectivity index (χ4n) is 4.19. The molecular formula is C19H32N2O2S. The van der Waals surface area contributed by atoms with Gasteiger partial charge in [-0.05, 0) is 44.4 Å². The van der Waals surface area contributed by atoms with Crippen molar-refractivity contribution in [2.75, 3.05) is 18.8 Å². The van der Waals surface area contributed by atoms with Gasteiger partial charge in [0.15, 0.2) is 0 Å². The van der Waals surface area contributed by atoms with Crippen LogP contribution in [0.3, 0.4) is 0 Å². The second-order valence-electron chi connectivity index (χ2n) is 7.99. The topological polar surface area (TPSA) is 49.4 Å². The predicted molar refractivity (Wildman–Crippen MR) is 99.0 cm³/mol. The average molecular weight is 353 g/mol. The van der Waals surface area contributed by atoms with E-state index in [9.17, 15) is 9.59 Å². The highest BCUT2D eigenvalue weighted by molar-refractivity contribution is 7.99. The molecule has 5 heteroatoms. The van der Waals surface area contributed by atoms with Crippen LogP contribution in [0, 0.1) is 11.8 Å². The molecule has 0 bridgehead atoms. The second-order valence-corrected chi connectivity index (χ2v) is 9.40. The maximum absolute atomic E-state index is 12.4. The summed E-state index contributed by atoms with van der Waals surface area (Å²) in [5.41, 5.74) is 0. The van der Waals surface area contributed by atoms with E-state index in [4.69, 9.17) is 0 Å². The lowest BCUT2D eigenvalue weighted by Gasteiger charge is -2.42. The molecule has 0 aromatic rings. The average Bonchev–Trinajstić information content (AvgIpc) is 3.04. The van der Waals surface area contributed by atoms with Crippen molar-refractivity contribution >= 4 is 23.6 Å². The van der Waals surface area contributed by atoms with Crippen molar-refractivity contribution in [1.29, 1.82) is 0 Å². The van der Waals surface area contributed by atoms with Gasteiger partial charge in [-0.2, -0.15) is 11.8 Å². The molecule has 0 aromatic carbocycles. The van der Waals surface area contributed by atoms with Crippen molar-refractivity contribution in [3.8, 4) is 0 Å². The number of amides is 2. The van der Waals surface area contributed by atoms with Crippen LogP contribution >= 0.6 is 11.8 Å². The van der Waals surface area contributed by atoms with Gasteiger partial charge < -0.3 is 10.2 Å². The Morgan fingerprint density at radius 2 is 1.71 bits per heavy atom. The van der Waals surface area contributed by atoms with Gasteiger partial charge in [0.2, 0.25) is 11.8 Å². The Labute approximate surface area is 150 Å². The fraction of sp³-hybridized carbons (Fsp3) is 0.895. The first-order valence-corrected chi connectivity index (χ1v) is 10.9. The molecule has 1 N–H and O–H groups in total. The number of nitrogens with one attached hydrogen (secondary N) is 1. The predicted octanol–water partition coefficient (Wildman–Crippen LogP) is 3.21. The van der Waals surface area contributed by atoms with E-state index in [2.05, 4.69) is 12.2 Å². The highest BCUT2D eigenvalue weighted by Gasteiger charge is 2.36. The van der Waals surface area contributed by atoms with Crippen molar-refractivity contribution < 1.29 is 9.59 Å². The Balaban J connectivity index is 1.27. The van der Waals surface area contributed by atoms with Crippen molar-refractivity contribution in [2.24, 2.45) is 11.8 Å². The second kappa shape index (κ2) is 8.59.